The highest BCUT2D eigenvalue weighted by molar-refractivity contribution is 6.19. The molecule has 0 aromatic heterocycles. The second-order valence-corrected chi connectivity index (χ2v) is 3.52. The van der Waals surface area contributed by atoms with Gasteiger partial charge in [0.1, 0.15) is 0 Å². The maximum Gasteiger partial charge on any atom is 0.305 e. The van der Waals surface area contributed by atoms with E-state index in [4.69, 9.17) is 11.6 Å². The molecule has 0 saturated carbocycles. The van der Waals surface area contributed by atoms with E-state index >= 15 is 0 Å². The Morgan fingerprint density at radius 2 is 2.31 bits per heavy atom. The lowest BCUT2D eigenvalue weighted by molar-refractivity contribution is -0.387. The van der Waals surface area contributed by atoms with E-state index in [-0.39, 0.29) is 0 Å². The summed E-state index contributed by atoms with van der Waals surface area (Å²) in [5.74, 6) is -0.465. The maximum absolute atomic E-state index is 13.0. The van der Waals surface area contributed by atoms with Gasteiger partial charge in [-0.05, 0) is 18.1 Å². The van der Waals surface area contributed by atoms with Crippen LogP contribution in [0.3, 0.4) is 0 Å². The molecule has 3 nitrogen and oxygen atoms in total. The maximum atomic E-state index is 13.0. The summed E-state index contributed by atoms with van der Waals surface area (Å²) >= 11 is 5.67. The SMILES string of the molecule is CC/C(=C/c1ccc(F)c([N+](=O)[O-])c1)CCl. The van der Waals surface area contributed by atoms with Crippen molar-refractivity contribution in [1.82, 2.24) is 0 Å². The van der Waals surface area contributed by atoms with Gasteiger partial charge in [-0.25, -0.2) is 0 Å². The zero-order chi connectivity index (χ0) is 12.1. The van der Waals surface area contributed by atoms with Gasteiger partial charge >= 0.3 is 5.69 Å². The molecule has 0 heterocycles. The molecular weight excluding hydrogens is 233 g/mol. The van der Waals surface area contributed by atoms with Gasteiger partial charge < -0.3 is 0 Å². The van der Waals surface area contributed by atoms with Gasteiger partial charge in [-0.15, -0.1) is 11.6 Å². The van der Waals surface area contributed by atoms with Crippen LogP contribution in [-0.2, 0) is 0 Å². The first-order valence-corrected chi connectivity index (χ1v) is 5.31. The molecule has 0 saturated heterocycles. The molecule has 0 radical (unpaired) electrons. The quantitative estimate of drug-likeness (QED) is 0.459. The molecule has 0 unspecified atom stereocenters. The first-order valence-electron chi connectivity index (χ1n) is 4.77. The van der Waals surface area contributed by atoms with Crippen molar-refractivity contribution >= 4 is 23.4 Å². The van der Waals surface area contributed by atoms with E-state index in [0.29, 0.717) is 11.4 Å². The van der Waals surface area contributed by atoms with Crippen LogP contribution in [0.1, 0.15) is 18.9 Å². The third-order valence-corrected chi connectivity index (χ3v) is 2.51. The Kier molecular flexibility index (Phi) is 4.43. The Labute approximate surface area is 97.7 Å². The van der Waals surface area contributed by atoms with Crippen LogP contribution in [-0.4, -0.2) is 10.8 Å². The summed E-state index contributed by atoms with van der Waals surface area (Å²) in [5, 5.41) is 10.5. The standard InChI is InChI=1S/C11H11ClFNO2/c1-2-8(7-12)5-9-3-4-10(13)11(6-9)14(15)16/h3-6H,2,7H2,1H3/b8-5-. The molecular formula is C11H11ClFNO2. The minimum Gasteiger partial charge on any atom is -0.258 e. The molecule has 5 heteroatoms. The molecule has 86 valence electrons. The molecule has 0 aliphatic carbocycles. The Bertz CT molecular complexity index is 426. The van der Waals surface area contributed by atoms with Gasteiger partial charge in [0.2, 0.25) is 5.82 Å². The second kappa shape index (κ2) is 5.61. The Hall–Kier alpha value is -1.42. The highest BCUT2D eigenvalue weighted by atomic mass is 35.5. The van der Waals surface area contributed by atoms with Crippen molar-refractivity contribution in [3.63, 3.8) is 0 Å². The largest absolute Gasteiger partial charge is 0.305 e. The number of rotatable bonds is 4. The second-order valence-electron chi connectivity index (χ2n) is 3.26. The highest BCUT2D eigenvalue weighted by Crippen LogP contribution is 2.20. The highest BCUT2D eigenvalue weighted by Gasteiger charge is 2.13. The van der Waals surface area contributed by atoms with Gasteiger partial charge in [0.15, 0.2) is 0 Å². The molecule has 0 amide bonds. The van der Waals surface area contributed by atoms with E-state index in [9.17, 15) is 14.5 Å². The van der Waals surface area contributed by atoms with E-state index in [1.54, 1.807) is 6.08 Å². The molecule has 1 rings (SSSR count). The first kappa shape index (κ1) is 12.6. The monoisotopic (exact) mass is 243 g/mol. The normalized spacial score (nSPS) is 11.6. The van der Waals surface area contributed by atoms with Crippen LogP contribution < -0.4 is 0 Å². The minimum absolute atomic E-state index is 0.363. The lowest BCUT2D eigenvalue weighted by Gasteiger charge is -2.00. The summed E-state index contributed by atoms with van der Waals surface area (Å²) in [4.78, 5) is 9.78. The Balaban J connectivity index is 3.12. The molecule has 1 aromatic rings. The van der Waals surface area contributed by atoms with Gasteiger partial charge in [-0.3, -0.25) is 10.1 Å². The summed E-state index contributed by atoms with van der Waals surface area (Å²) in [6, 6.07) is 3.79. The van der Waals surface area contributed by atoms with Crippen LogP contribution in [0, 0.1) is 15.9 Å². The van der Waals surface area contributed by atoms with E-state index in [1.165, 1.54) is 12.1 Å². The fourth-order valence-electron chi connectivity index (χ4n) is 1.23. The zero-order valence-corrected chi connectivity index (χ0v) is 9.50. The summed E-state index contributed by atoms with van der Waals surface area (Å²) in [6.07, 6.45) is 2.49. The van der Waals surface area contributed by atoms with Crippen molar-refractivity contribution in [3.05, 3.63) is 45.3 Å². The smallest absolute Gasteiger partial charge is 0.258 e. The lowest BCUT2D eigenvalue weighted by Crippen LogP contribution is -1.93. The first-order chi connectivity index (χ1) is 7.58. The molecule has 0 aliphatic rings. The van der Waals surface area contributed by atoms with E-state index < -0.39 is 16.4 Å². The predicted octanol–water partition coefficient (Wildman–Crippen LogP) is 3.77. The van der Waals surface area contributed by atoms with Crippen molar-refractivity contribution in [2.75, 3.05) is 5.88 Å². The average Bonchev–Trinajstić information content (AvgIpc) is 2.27. The van der Waals surface area contributed by atoms with E-state index in [0.717, 1.165) is 18.1 Å². The molecule has 16 heavy (non-hydrogen) atoms. The number of nitro benzene ring substituents is 1. The van der Waals surface area contributed by atoms with Gasteiger partial charge in [-0.2, -0.15) is 4.39 Å². The summed E-state index contributed by atoms with van der Waals surface area (Å²) in [6.45, 7) is 1.94. The van der Waals surface area contributed by atoms with Crippen molar-refractivity contribution in [2.45, 2.75) is 13.3 Å². The summed E-state index contributed by atoms with van der Waals surface area (Å²) in [5.41, 5.74) is 1.02. The van der Waals surface area contributed by atoms with Crippen LogP contribution in [0.25, 0.3) is 6.08 Å². The lowest BCUT2D eigenvalue weighted by atomic mass is 10.1. The fourth-order valence-corrected chi connectivity index (χ4v) is 1.50. The van der Waals surface area contributed by atoms with Crippen LogP contribution in [0.5, 0.6) is 0 Å². The molecule has 0 atom stereocenters. The molecule has 0 spiro atoms. The Morgan fingerprint density at radius 1 is 1.62 bits per heavy atom. The third-order valence-electron chi connectivity index (χ3n) is 2.16. The van der Waals surface area contributed by atoms with Crippen LogP contribution in [0.15, 0.2) is 23.8 Å². The molecule has 0 N–H and O–H groups in total. The minimum atomic E-state index is -0.828. The predicted molar refractivity (Wildman–Crippen MR) is 62.0 cm³/mol. The fraction of sp³-hybridized carbons (Fsp3) is 0.273. The average molecular weight is 244 g/mol. The number of halogens is 2. The number of nitrogens with zero attached hydrogens (tertiary/aromatic N) is 1. The Morgan fingerprint density at radius 3 is 2.81 bits per heavy atom. The van der Waals surface area contributed by atoms with Gasteiger partial charge in [0.05, 0.1) is 4.92 Å². The van der Waals surface area contributed by atoms with Crippen molar-refractivity contribution in [2.24, 2.45) is 0 Å². The van der Waals surface area contributed by atoms with Crippen molar-refractivity contribution < 1.29 is 9.31 Å². The third kappa shape index (κ3) is 3.03. The van der Waals surface area contributed by atoms with Gasteiger partial charge in [0.25, 0.3) is 0 Å². The van der Waals surface area contributed by atoms with Crippen molar-refractivity contribution in [3.8, 4) is 0 Å². The zero-order valence-electron chi connectivity index (χ0n) is 8.74. The van der Waals surface area contributed by atoms with Crippen LogP contribution in [0.4, 0.5) is 10.1 Å². The van der Waals surface area contributed by atoms with Gasteiger partial charge in [0, 0.05) is 11.9 Å². The number of hydrogen-bond acceptors (Lipinski definition) is 2. The number of hydrogen-bond donors (Lipinski definition) is 0. The van der Waals surface area contributed by atoms with Crippen LogP contribution in [0.2, 0.25) is 0 Å². The van der Waals surface area contributed by atoms with E-state index in [2.05, 4.69) is 0 Å². The van der Waals surface area contributed by atoms with Crippen molar-refractivity contribution in [1.29, 1.82) is 0 Å². The summed E-state index contributed by atoms with van der Waals surface area (Å²) in [7, 11) is 0. The van der Waals surface area contributed by atoms with E-state index in [1.807, 2.05) is 6.92 Å². The number of nitro groups is 1. The topological polar surface area (TPSA) is 43.1 Å². The van der Waals surface area contributed by atoms with Gasteiger partial charge in [-0.1, -0.05) is 24.6 Å². The molecule has 0 fully saturated rings. The summed E-state index contributed by atoms with van der Waals surface area (Å²) < 4.78 is 13.0. The molecule has 0 bridgehead atoms. The number of allylic oxidation sites excluding steroid dienone is 1. The van der Waals surface area contributed by atoms with Crippen LogP contribution >= 0.6 is 11.6 Å². The molecule has 0 aliphatic heterocycles. The number of benzene rings is 1. The number of alkyl halides is 1. The molecule has 1 aromatic carbocycles.